The zero-order valence-electron chi connectivity index (χ0n) is 8.32. The molecule has 1 aliphatic rings. The lowest BCUT2D eigenvalue weighted by molar-refractivity contribution is 0.127. The van der Waals surface area contributed by atoms with E-state index in [-0.39, 0.29) is 0 Å². The molecule has 78 valence electrons. The second kappa shape index (κ2) is 4.57. The largest absolute Gasteiger partial charge is 0.396 e. The van der Waals surface area contributed by atoms with E-state index in [9.17, 15) is 0 Å². The van der Waals surface area contributed by atoms with Gasteiger partial charge in [0.15, 0.2) is 0 Å². The number of aromatic amines is 1. The first-order valence-electron chi connectivity index (χ1n) is 5.19. The molecule has 0 unspecified atom stereocenters. The van der Waals surface area contributed by atoms with Crippen LogP contribution in [0.2, 0.25) is 0 Å². The number of nitrogens with zero attached hydrogens (tertiary/aromatic N) is 2. The summed E-state index contributed by atoms with van der Waals surface area (Å²) in [5.41, 5.74) is 1.24. The van der Waals surface area contributed by atoms with Crippen LogP contribution in [0.15, 0.2) is 12.4 Å². The van der Waals surface area contributed by atoms with E-state index in [0.717, 1.165) is 32.5 Å². The van der Waals surface area contributed by atoms with Crippen molar-refractivity contribution < 1.29 is 5.11 Å². The molecule has 0 aliphatic carbocycles. The van der Waals surface area contributed by atoms with E-state index in [0.29, 0.717) is 12.5 Å². The Labute approximate surface area is 83.9 Å². The van der Waals surface area contributed by atoms with Gasteiger partial charge in [-0.1, -0.05) is 0 Å². The van der Waals surface area contributed by atoms with Crippen molar-refractivity contribution in [2.24, 2.45) is 5.92 Å². The van der Waals surface area contributed by atoms with Crippen LogP contribution in [0, 0.1) is 5.92 Å². The quantitative estimate of drug-likeness (QED) is 0.743. The van der Waals surface area contributed by atoms with Crippen molar-refractivity contribution in [2.75, 3.05) is 19.7 Å². The molecule has 0 radical (unpaired) electrons. The molecule has 2 heterocycles. The first-order valence-corrected chi connectivity index (χ1v) is 5.19. The molecule has 14 heavy (non-hydrogen) atoms. The standard InChI is InChI=1S/C10H17N3O/c14-8-9-1-3-13(4-2-9)7-10-5-11-12-6-10/h5-6,9,14H,1-4,7-8H2,(H,11,12). The predicted octanol–water partition coefficient (Wildman–Crippen LogP) is 0.614. The molecule has 0 aromatic carbocycles. The van der Waals surface area contributed by atoms with Crippen LogP contribution in [0.4, 0.5) is 0 Å². The summed E-state index contributed by atoms with van der Waals surface area (Å²) in [7, 11) is 0. The van der Waals surface area contributed by atoms with Crippen LogP contribution in [-0.2, 0) is 6.54 Å². The number of rotatable bonds is 3. The smallest absolute Gasteiger partial charge is 0.0532 e. The Morgan fingerprint density at radius 2 is 2.29 bits per heavy atom. The van der Waals surface area contributed by atoms with Gasteiger partial charge in [0, 0.05) is 24.9 Å². The van der Waals surface area contributed by atoms with Crippen LogP contribution in [0.3, 0.4) is 0 Å². The molecule has 1 saturated heterocycles. The minimum atomic E-state index is 0.347. The SMILES string of the molecule is OCC1CCN(Cc2cn[nH]c2)CC1. The Balaban J connectivity index is 1.79. The van der Waals surface area contributed by atoms with E-state index in [4.69, 9.17) is 5.11 Å². The van der Waals surface area contributed by atoms with Crippen LogP contribution in [0.25, 0.3) is 0 Å². The summed E-state index contributed by atoms with van der Waals surface area (Å²) >= 11 is 0. The molecule has 1 aromatic rings. The molecular formula is C10H17N3O. The van der Waals surface area contributed by atoms with Gasteiger partial charge in [-0.15, -0.1) is 0 Å². The van der Waals surface area contributed by atoms with Crippen molar-refractivity contribution in [2.45, 2.75) is 19.4 Å². The molecule has 2 N–H and O–H groups in total. The van der Waals surface area contributed by atoms with Crippen molar-refractivity contribution in [3.05, 3.63) is 18.0 Å². The summed E-state index contributed by atoms with van der Waals surface area (Å²) in [5, 5.41) is 15.8. The number of aromatic nitrogens is 2. The number of nitrogens with one attached hydrogen (secondary N) is 1. The summed E-state index contributed by atoms with van der Waals surface area (Å²) in [4.78, 5) is 2.41. The maximum Gasteiger partial charge on any atom is 0.0532 e. The lowest BCUT2D eigenvalue weighted by Gasteiger charge is -2.30. The highest BCUT2D eigenvalue weighted by Crippen LogP contribution is 2.17. The van der Waals surface area contributed by atoms with Gasteiger partial charge in [0.05, 0.1) is 6.20 Å². The molecule has 1 fully saturated rings. The molecule has 1 aromatic heterocycles. The number of H-pyrrole nitrogens is 1. The summed E-state index contributed by atoms with van der Waals surface area (Å²) in [6.07, 6.45) is 6.05. The molecule has 2 rings (SSSR count). The summed E-state index contributed by atoms with van der Waals surface area (Å²) < 4.78 is 0. The summed E-state index contributed by atoms with van der Waals surface area (Å²) in [5.74, 6) is 0.524. The predicted molar refractivity (Wildman–Crippen MR) is 53.7 cm³/mol. The van der Waals surface area contributed by atoms with Gasteiger partial charge in [0.1, 0.15) is 0 Å². The highest BCUT2D eigenvalue weighted by molar-refractivity contribution is 5.02. The Kier molecular flexibility index (Phi) is 3.16. The van der Waals surface area contributed by atoms with E-state index in [2.05, 4.69) is 15.1 Å². The highest BCUT2D eigenvalue weighted by atomic mass is 16.3. The van der Waals surface area contributed by atoms with E-state index in [1.807, 2.05) is 12.4 Å². The van der Waals surface area contributed by atoms with E-state index >= 15 is 0 Å². The van der Waals surface area contributed by atoms with Gasteiger partial charge < -0.3 is 5.11 Å². The molecule has 1 aliphatic heterocycles. The molecule has 0 atom stereocenters. The average Bonchev–Trinajstić information content (AvgIpc) is 2.72. The minimum absolute atomic E-state index is 0.347. The van der Waals surface area contributed by atoms with Gasteiger partial charge >= 0.3 is 0 Å². The van der Waals surface area contributed by atoms with Crippen molar-refractivity contribution in [1.82, 2.24) is 15.1 Å². The molecule has 0 saturated carbocycles. The van der Waals surface area contributed by atoms with Crippen LogP contribution in [-0.4, -0.2) is 39.9 Å². The molecular weight excluding hydrogens is 178 g/mol. The Morgan fingerprint density at radius 3 is 2.86 bits per heavy atom. The first-order chi connectivity index (χ1) is 6.88. The highest BCUT2D eigenvalue weighted by Gasteiger charge is 2.18. The second-order valence-corrected chi connectivity index (χ2v) is 4.01. The number of aliphatic hydroxyl groups is 1. The van der Waals surface area contributed by atoms with Crippen LogP contribution < -0.4 is 0 Å². The molecule has 0 spiro atoms. The molecule has 0 amide bonds. The first kappa shape index (κ1) is 9.68. The van der Waals surface area contributed by atoms with Gasteiger partial charge in [-0.3, -0.25) is 10.00 Å². The fourth-order valence-electron chi connectivity index (χ4n) is 1.95. The molecule has 4 heteroatoms. The number of piperidine rings is 1. The molecule has 4 nitrogen and oxygen atoms in total. The summed E-state index contributed by atoms with van der Waals surface area (Å²) in [6.45, 7) is 3.51. The maximum absolute atomic E-state index is 9.00. The monoisotopic (exact) mass is 195 g/mol. The minimum Gasteiger partial charge on any atom is -0.396 e. The van der Waals surface area contributed by atoms with Gasteiger partial charge in [0.2, 0.25) is 0 Å². The number of hydrogen-bond acceptors (Lipinski definition) is 3. The third-order valence-electron chi connectivity index (χ3n) is 2.93. The maximum atomic E-state index is 9.00. The van der Waals surface area contributed by atoms with Crippen molar-refractivity contribution in [3.63, 3.8) is 0 Å². The van der Waals surface area contributed by atoms with Crippen LogP contribution in [0.1, 0.15) is 18.4 Å². The lowest BCUT2D eigenvalue weighted by atomic mass is 9.98. The topological polar surface area (TPSA) is 52.1 Å². The Hall–Kier alpha value is -0.870. The second-order valence-electron chi connectivity index (χ2n) is 4.01. The van der Waals surface area contributed by atoms with Crippen molar-refractivity contribution in [1.29, 1.82) is 0 Å². The third-order valence-corrected chi connectivity index (χ3v) is 2.93. The zero-order chi connectivity index (χ0) is 9.80. The fraction of sp³-hybridized carbons (Fsp3) is 0.700. The number of aliphatic hydroxyl groups excluding tert-OH is 1. The summed E-state index contributed by atoms with van der Waals surface area (Å²) in [6, 6.07) is 0. The van der Waals surface area contributed by atoms with Crippen LogP contribution >= 0.6 is 0 Å². The fourth-order valence-corrected chi connectivity index (χ4v) is 1.95. The van der Waals surface area contributed by atoms with E-state index in [1.165, 1.54) is 5.56 Å². The zero-order valence-corrected chi connectivity index (χ0v) is 8.32. The van der Waals surface area contributed by atoms with Crippen LogP contribution in [0.5, 0.6) is 0 Å². The Bertz CT molecular complexity index is 252. The average molecular weight is 195 g/mol. The van der Waals surface area contributed by atoms with Crippen molar-refractivity contribution in [3.8, 4) is 0 Å². The van der Waals surface area contributed by atoms with E-state index < -0.39 is 0 Å². The number of hydrogen-bond donors (Lipinski definition) is 2. The lowest BCUT2D eigenvalue weighted by Crippen LogP contribution is -2.34. The van der Waals surface area contributed by atoms with Crippen molar-refractivity contribution >= 4 is 0 Å². The van der Waals surface area contributed by atoms with Gasteiger partial charge in [-0.2, -0.15) is 5.10 Å². The van der Waals surface area contributed by atoms with Gasteiger partial charge in [0.25, 0.3) is 0 Å². The van der Waals surface area contributed by atoms with Gasteiger partial charge in [-0.25, -0.2) is 0 Å². The Morgan fingerprint density at radius 1 is 1.50 bits per heavy atom. The van der Waals surface area contributed by atoms with E-state index in [1.54, 1.807) is 0 Å². The third kappa shape index (κ3) is 2.33. The normalized spacial score (nSPS) is 20.1. The molecule has 0 bridgehead atoms. The van der Waals surface area contributed by atoms with Gasteiger partial charge in [-0.05, 0) is 31.8 Å². The number of likely N-dealkylation sites (tertiary alicyclic amines) is 1.